The third-order valence-corrected chi connectivity index (χ3v) is 9.84. The molecule has 0 radical (unpaired) electrons. The summed E-state index contributed by atoms with van der Waals surface area (Å²) in [6, 6.07) is 42.2. The van der Waals surface area contributed by atoms with E-state index in [1.165, 1.54) is 11.1 Å². The van der Waals surface area contributed by atoms with Crippen LogP contribution in [0, 0.1) is 29.6 Å². The zero-order valence-corrected chi connectivity index (χ0v) is 27.1. The van der Waals surface area contributed by atoms with Gasteiger partial charge in [-0.25, -0.2) is 0 Å². The first-order chi connectivity index (χ1) is 23.3. The molecule has 5 nitrogen and oxygen atoms in total. The Morgan fingerprint density at radius 3 is 1.73 bits per heavy atom. The number of hydrogen-bond donors (Lipinski definition) is 0. The molecule has 0 saturated heterocycles. The lowest BCUT2D eigenvalue weighted by molar-refractivity contribution is 0.587. The Balaban J connectivity index is 1.51. The highest BCUT2D eigenvalue weighted by Gasteiger charge is 2.26. The average molecular weight is 619 g/mol. The van der Waals surface area contributed by atoms with Crippen molar-refractivity contribution in [3.8, 4) is 23.5 Å². The van der Waals surface area contributed by atoms with Gasteiger partial charge in [0, 0.05) is 26.9 Å². The molecular formula is C43H30N4O. The van der Waals surface area contributed by atoms with Crippen LogP contribution in [-0.2, 0) is 5.41 Å². The van der Waals surface area contributed by atoms with E-state index in [0.29, 0.717) is 11.1 Å². The summed E-state index contributed by atoms with van der Waals surface area (Å²) in [6.45, 7) is 8.91. The molecule has 0 aliphatic heterocycles. The van der Waals surface area contributed by atoms with Crippen LogP contribution in [0.3, 0.4) is 0 Å². The Labute approximate surface area is 277 Å². The van der Waals surface area contributed by atoms with Crippen LogP contribution in [0.2, 0.25) is 0 Å². The van der Waals surface area contributed by atoms with Gasteiger partial charge in [0.15, 0.2) is 0 Å². The van der Waals surface area contributed by atoms with Gasteiger partial charge in [-0.05, 0) is 78.1 Å². The Kier molecular flexibility index (Phi) is 5.74. The highest BCUT2D eigenvalue weighted by atomic mass is 16.3. The van der Waals surface area contributed by atoms with E-state index < -0.39 is 0 Å². The lowest BCUT2D eigenvalue weighted by Crippen LogP contribution is -2.13. The van der Waals surface area contributed by atoms with Crippen LogP contribution in [-0.4, -0.2) is 9.13 Å². The summed E-state index contributed by atoms with van der Waals surface area (Å²) in [4.78, 5) is 0. The second-order valence-electron chi connectivity index (χ2n) is 13.7. The molecular weight excluding hydrogens is 589 g/mol. The SMILES string of the molecule is Cc1cc2c(cc1C(C)(C)C)c1c3oc4ccccc4c3ccc1n2-c1cc(C#N)c(C#N)cc1-n1c2ccccc2c2ccccc21. The van der Waals surface area contributed by atoms with Gasteiger partial charge in [-0.15, -0.1) is 0 Å². The summed E-state index contributed by atoms with van der Waals surface area (Å²) >= 11 is 0. The summed E-state index contributed by atoms with van der Waals surface area (Å²) in [7, 11) is 0. The molecule has 0 unspecified atom stereocenters. The first-order valence-electron chi connectivity index (χ1n) is 16.1. The maximum Gasteiger partial charge on any atom is 0.145 e. The summed E-state index contributed by atoms with van der Waals surface area (Å²) in [5, 5.41) is 27.1. The van der Waals surface area contributed by atoms with Crippen LogP contribution < -0.4 is 0 Å². The molecule has 0 N–H and O–H groups in total. The first kappa shape index (κ1) is 28.0. The van der Waals surface area contributed by atoms with Crippen LogP contribution in [0.1, 0.15) is 43.0 Å². The summed E-state index contributed by atoms with van der Waals surface area (Å²) in [6.07, 6.45) is 0. The van der Waals surface area contributed by atoms with Crippen LogP contribution >= 0.6 is 0 Å². The number of rotatable bonds is 2. The fourth-order valence-electron chi connectivity index (χ4n) is 7.80. The van der Waals surface area contributed by atoms with Crippen LogP contribution in [0.4, 0.5) is 0 Å². The third-order valence-electron chi connectivity index (χ3n) is 9.84. The molecule has 3 heterocycles. The second kappa shape index (κ2) is 9.85. The van der Waals surface area contributed by atoms with Crippen molar-refractivity contribution in [2.24, 2.45) is 0 Å². The molecule has 48 heavy (non-hydrogen) atoms. The van der Waals surface area contributed by atoms with E-state index in [1.54, 1.807) is 0 Å². The summed E-state index contributed by atoms with van der Waals surface area (Å²) in [5.41, 5.74) is 10.4. The number of aryl methyl sites for hydroxylation is 1. The fraction of sp³-hybridized carbons (Fsp3) is 0.116. The van der Waals surface area contributed by atoms with Gasteiger partial charge in [0.05, 0.1) is 50.0 Å². The third kappa shape index (κ3) is 3.76. The van der Waals surface area contributed by atoms with Crippen molar-refractivity contribution in [2.45, 2.75) is 33.1 Å². The molecule has 0 spiro atoms. The van der Waals surface area contributed by atoms with E-state index in [9.17, 15) is 10.5 Å². The number of nitrogens with zero attached hydrogens (tertiary/aromatic N) is 4. The van der Waals surface area contributed by atoms with Crippen molar-refractivity contribution >= 4 is 65.6 Å². The van der Waals surface area contributed by atoms with Crippen molar-refractivity contribution in [3.05, 3.63) is 131 Å². The quantitative estimate of drug-likeness (QED) is 0.193. The monoisotopic (exact) mass is 618 g/mol. The lowest BCUT2D eigenvalue weighted by atomic mass is 9.83. The van der Waals surface area contributed by atoms with Gasteiger partial charge in [-0.2, -0.15) is 10.5 Å². The Morgan fingerprint density at radius 1 is 0.562 bits per heavy atom. The van der Waals surface area contributed by atoms with E-state index in [0.717, 1.165) is 76.9 Å². The van der Waals surface area contributed by atoms with Gasteiger partial charge >= 0.3 is 0 Å². The van der Waals surface area contributed by atoms with Crippen molar-refractivity contribution in [1.29, 1.82) is 10.5 Å². The number of fused-ring (bicyclic) bond motifs is 10. The van der Waals surface area contributed by atoms with E-state index in [1.807, 2.05) is 42.5 Å². The lowest BCUT2D eigenvalue weighted by Gasteiger charge is -2.22. The van der Waals surface area contributed by atoms with Crippen LogP contribution in [0.25, 0.3) is 76.9 Å². The number of nitriles is 2. The minimum absolute atomic E-state index is 0.0783. The molecule has 9 rings (SSSR count). The predicted octanol–water partition coefficient (Wildman–Crippen LogP) is 11.1. The van der Waals surface area contributed by atoms with E-state index in [-0.39, 0.29) is 5.41 Å². The number of aromatic nitrogens is 2. The Morgan fingerprint density at radius 2 is 1.12 bits per heavy atom. The van der Waals surface area contributed by atoms with Gasteiger partial charge in [0.25, 0.3) is 0 Å². The first-order valence-corrected chi connectivity index (χ1v) is 16.1. The smallest absolute Gasteiger partial charge is 0.145 e. The highest BCUT2D eigenvalue weighted by Crippen LogP contribution is 2.44. The molecule has 9 aromatic rings. The number of para-hydroxylation sites is 3. The summed E-state index contributed by atoms with van der Waals surface area (Å²) in [5.74, 6) is 0. The molecule has 0 atom stereocenters. The zero-order chi connectivity index (χ0) is 32.9. The Hall–Kier alpha value is -6.30. The molecule has 6 aromatic carbocycles. The predicted molar refractivity (Wildman–Crippen MR) is 195 cm³/mol. The molecule has 3 aromatic heterocycles. The molecule has 0 fully saturated rings. The molecule has 0 aliphatic carbocycles. The Bertz CT molecular complexity index is 2860. The molecule has 0 saturated carbocycles. The van der Waals surface area contributed by atoms with Crippen molar-refractivity contribution in [1.82, 2.24) is 9.13 Å². The number of hydrogen-bond acceptors (Lipinski definition) is 3. The van der Waals surface area contributed by atoms with Gasteiger partial charge in [0.1, 0.15) is 23.3 Å². The summed E-state index contributed by atoms with van der Waals surface area (Å²) < 4.78 is 11.2. The van der Waals surface area contributed by atoms with Gasteiger partial charge in [-0.3, -0.25) is 0 Å². The standard InChI is InChI=1S/C43H30N4O/c1-25-19-37-32(22-33(25)43(2,3)4)41-36(18-17-31-30-13-7-10-16-40(30)48-42(31)41)47(37)39-21-27(24-45)26(23-44)20-38(39)46-34-14-8-5-11-28(34)29-12-6-9-15-35(29)46/h5-22H,1-4H3. The minimum atomic E-state index is -0.0783. The number of furan rings is 1. The maximum atomic E-state index is 10.3. The zero-order valence-electron chi connectivity index (χ0n) is 27.1. The van der Waals surface area contributed by atoms with Crippen molar-refractivity contribution in [3.63, 3.8) is 0 Å². The van der Waals surface area contributed by atoms with E-state index in [4.69, 9.17) is 4.42 Å². The van der Waals surface area contributed by atoms with E-state index >= 15 is 0 Å². The molecule has 0 aliphatic rings. The molecule has 0 bridgehead atoms. The molecule has 228 valence electrons. The van der Waals surface area contributed by atoms with Crippen LogP contribution in [0.15, 0.2) is 114 Å². The molecule has 5 heteroatoms. The van der Waals surface area contributed by atoms with Crippen LogP contribution in [0.5, 0.6) is 0 Å². The van der Waals surface area contributed by atoms with E-state index in [2.05, 4.69) is 116 Å². The molecule has 0 amide bonds. The second-order valence-corrected chi connectivity index (χ2v) is 13.7. The fourth-order valence-corrected chi connectivity index (χ4v) is 7.80. The van der Waals surface area contributed by atoms with Gasteiger partial charge < -0.3 is 13.6 Å². The topological polar surface area (TPSA) is 70.6 Å². The maximum absolute atomic E-state index is 10.3. The van der Waals surface area contributed by atoms with Gasteiger partial charge in [-0.1, -0.05) is 75.4 Å². The normalized spacial score (nSPS) is 12.1. The number of benzene rings is 6. The largest absolute Gasteiger partial charge is 0.455 e. The van der Waals surface area contributed by atoms with Gasteiger partial charge in [0.2, 0.25) is 0 Å². The highest BCUT2D eigenvalue weighted by molar-refractivity contribution is 6.24. The average Bonchev–Trinajstić information content (AvgIpc) is 3.74. The van der Waals surface area contributed by atoms with Crippen molar-refractivity contribution in [2.75, 3.05) is 0 Å². The minimum Gasteiger partial charge on any atom is -0.455 e. The van der Waals surface area contributed by atoms with Crippen molar-refractivity contribution < 1.29 is 4.42 Å².